The number of hydrogen-bond donors (Lipinski definition) is 0. The fraction of sp³-hybridized carbons (Fsp3) is 0.120. The van der Waals surface area contributed by atoms with Crippen LogP contribution in [0, 0.1) is 12.7 Å². The van der Waals surface area contributed by atoms with E-state index in [-0.39, 0.29) is 16.4 Å². The Hall–Kier alpha value is -3.44. The van der Waals surface area contributed by atoms with E-state index in [0.29, 0.717) is 17.7 Å². The van der Waals surface area contributed by atoms with E-state index in [0.717, 1.165) is 22.1 Å². The molecule has 0 atom stereocenters. The highest BCUT2D eigenvalue weighted by Gasteiger charge is 2.41. The molecule has 4 nitrogen and oxygen atoms in total. The zero-order valence-corrected chi connectivity index (χ0v) is 17.9. The number of aryl methyl sites for hydroxylation is 1. The first kappa shape index (κ1) is 20.8. The van der Waals surface area contributed by atoms with Gasteiger partial charge in [0.25, 0.3) is 11.8 Å². The lowest BCUT2D eigenvalue weighted by Crippen LogP contribution is -2.34. The van der Waals surface area contributed by atoms with Crippen LogP contribution in [0.1, 0.15) is 16.7 Å². The number of carbonyl (C=O) groups excluding carboxylic acids is 2. The van der Waals surface area contributed by atoms with Gasteiger partial charge in [0.15, 0.2) is 0 Å². The summed E-state index contributed by atoms with van der Waals surface area (Å²) in [6, 6.07) is 20.9. The SMILES string of the molecule is Cc1ccc(C2=C(N(C)Cc3ccccc3)C(=O)N(c3ccc(F)c(Cl)c3)C2=O)cc1. The summed E-state index contributed by atoms with van der Waals surface area (Å²) in [6.45, 7) is 2.40. The average molecular weight is 435 g/mol. The zero-order valence-electron chi connectivity index (χ0n) is 17.1. The summed E-state index contributed by atoms with van der Waals surface area (Å²) in [7, 11) is 1.78. The van der Waals surface area contributed by atoms with E-state index in [9.17, 15) is 14.0 Å². The number of nitrogens with zero attached hydrogens (tertiary/aromatic N) is 2. The molecule has 0 N–H and O–H groups in total. The highest BCUT2D eigenvalue weighted by atomic mass is 35.5. The molecule has 3 aromatic carbocycles. The second-order valence-electron chi connectivity index (χ2n) is 7.48. The van der Waals surface area contributed by atoms with Gasteiger partial charge in [0.1, 0.15) is 11.5 Å². The Balaban J connectivity index is 1.80. The Morgan fingerprint density at radius 3 is 2.26 bits per heavy atom. The van der Waals surface area contributed by atoms with Gasteiger partial charge in [0.2, 0.25) is 0 Å². The van der Waals surface area contributed by atoms with Crippen LogP contribution in [-0.4, -0.2) is 23.8 Å². The standard InChI is InChI=1S/C25H20ClFN2O2/c1-16-8-10-18(11-9-16)22-23(28(2)15-17-6-4-3-5-7-17)25(31)29(24(22)30)19-12-13-21(27)20(26)14-19/h3-14H,15H2,1-2H3. The molecule has 0 unspecified atom stereocenters. The third-order valence-corrected chi connectivity index (χ3v) is 5.49. The quantitative estimate of drug-likeness (QED) is 0.518. The molecule has 0 spiro atoms. The molecule has 0 saturated carbocycles. The maximum atomic E-state index is 13.7. The normalized spacial score (nSPS) is 13.9. The second kappa shape index (κ2) is 8.36. The smallest absolute Gasteiger partial charge is 0.282 e. The van der Waals surface area contributed by atoms with Crippen LogP contribution < -0.4 is 4.90 Å². The number of imide groups is 1. The Morgan fingerprint density at radius 1 is 0.935 bits per heavy atom. The Bertz CT molecular complexity index is 1190. The Kier molecular flexibility index (Phi) is 5.61. The van der Waals surface area contributed by atoms with Crippen molar-refractivity contribution < 1.29 is 14.0 Å². The van der Waals surface area contributed by atoms with E-state index in [1.807, 2.05) is 61.5 Å². The first-order valence-electron chi connectivity index (χ1n) is 9.77. The van der Waals surface area contributed by atoms with Gasteiger partial charge >= 0.3 is 0 Å². The summed E-state index contributed by atoms with van der Waals surface area (Å²) < 4.78 is 13.7. The summed E-state index contributed by atoms with van der Waals surface area (Å²) in [5.41, 5.74) is 3.53. The van der Waals surface area contributed by atoms with Crippen molar-refractivity contribution >= 4 is 34.7 Å². The van der Waals surface area contributed by atoms with E-state index >= 15 is 0 Å². The monoisotopic (exact) mass is 434 g/mol. The number of hydrogen-bond acceptors (Lipinski definition) is 3. The second-order valence-corrected chi connectivity index (χ2v) is 7.88. The van der Waals surface area contributed by atoms with Crippen molar-refractivity contribution in [3.63, 3.8) is 0 Å². The van der Waals surface area contributed by atoms with Crippen LogP contribution >= 0.6 is 11.6 Å². The lowest BCUT2D eigenvalue weighted by atomic mass is 10.0. The van der Waals surface area contributed by atoms with Crippen molar-refractivity contribution in [2.75, 3.05) is 11.9 Å². The third-order valence-electron chi connectivity index (χ3n) is 5.21. The van der Waals surface area contributed by atoms with Crippen LogP contribution in [0.2, 0.25) is 5.02 Å². The van der Waals surface area contributed by atoms with E-state index in [4.69, 9.17) is 11.6 Å². The molecule has 0 aromatic heterocycles. The fourth-order valence-corrected chi connectivity index (χ4v) is 3.82. The van der Waals surface area contributed by atoms with Crippen molar-refractivity contribution in [2.45, 2.75) is 13.5 Å². The van der Waals surface area contributed by atoms with Gasteiger partial charge in [-0.25, -0.2) is 9.29 Å². The third kappa shape index (κ3) is 3.97. The van der Waals surface area contributed by atoms with Gasteiger partial charge in [-0.2, -0.15) is 0 Å². The molecule has 31 heavy (non-hydrogen) atoms. The minimum atomic E-state index is -0.613. The number of rotatable bonds is 5. The molecule has 1 heterocycles. The summed E-state index contributed by atoms with van der Waals surface area (Å²) in [5, 5.41) is -0.152. The number of amides is 2. The van der Waals surface area contributed by atoms with Crippen molar-refractivity contribution in [3.05, 3.63) is 106 Å². The highest BCUT2D eigenvalue weighted by molar-refractivity contribution is 6.45. The Morgan fingerprint density at radius 2 is 1.61 bits per heavy atom. The van der Waals surface area contributed by atoms with Crippen LogP contribution in [0.5, 0.6) is 0 Å². The van der Waals surface area contributed by atoms with Gasteiger partial charge in [0, 0.05) is 13.6 Å². The Labute approximate surface area is 185 Å². The van der Waals surface area contributed by atoms with Crippen molar-refractivity contribution in [1.29, 1.82) is 0 Å². The largest absolute Gasteiger partial charge is 0.365 e. The van der Waals surface area contributed by atoms with Crippen LogP contribution in [0.25, 0.3) is 5.57 Å². The first-order valence-corrected chi connectivity index (χ1v) is 10.1. The summed E-state index contributed by atoms with van der Waals surface area (Å²) in [6.07, 6.45) is 0. The van der Waals surface area contributed by atoms with E-state index in [1.54, 1.807) is 11.9 Å². The minimum absolute atomic E-state index is 0.152. The van der Waals surface area contributed by atoms with Gasteiger partial charge in [0.05, 0.1) is 16.3 Å². The highest BCUT2D eigenvalue weighted by Crippen LogP contribution is 2.36. The molecule has 0 radical (unpaired) electrons. The lowest BCUT2D eigenvalue weighted by Gasteiger charge is -2.21. The zero-order chi connectivity index (χ0) is 22.1. The molecular formula is C25H20ClFN2O2. The summed E-state index contributed by atoms with van der Waals surface area (Å²) in [5.74, 6) is -1.55. The molecule has 0 fully saturated rings. The molecule has 0 saturated heterocycles. The van der Waals surface area contributed by atoms with Crippen LogP contribution in [0.15, 0.2) is 78.5 Å². The van der Waals surface area contributed by atoms with Crippen LogP contribution in [0.3, 0.4) is 0 Å². The van der Waals surface area contributed by atoms with Crippen LogP contribution in [-0.2, 0) is 16.1 Å². The summed E-state index contributed by atoms with van der Waals surface area (Å²) >= 11 is 5.92. The average Bonchev–Trinajstić information content (AvgIpc) is 3.02. The predicted octanol–water partition coefficient (Wildman–Crippen LogP) is 5.20. The maximum Gasteiger partial charge on any atom is 0.282 e. The first-order chi connectivity index (χ1) is 14.9. The fourth-order valence-electron chi connectivity index (χ4n) is 3.65. The van der Waals surface area contributed by atoms with Crippen LogP contribution in [0.4, 0.5) is 10.1 Å². The lowest BCUT2D eigenvalue weighted by molar-refractivity contribution is -0.120. The predicted molar refractivity (Wildman–Crippen MR) is 120 cm³/mol. The van der Waals surface area contributed by atoms with E-state index in [1.165, 1.54) is 12.1 Å². The van der Waals surface area contributed by atoms with Gasteiger partial charge in [-0.15, -0.1) is 0 Å². The number of benzene rings is 3. The van der Waals surface area contributed by atoms with Gasteiger partial charge < -0.3 is 4.90 Å². The van der Waals surface area contributed by atoms with Crippen molar-refractivity contribution in [3.8, 4) is 0 Å². The molecule has 4 rings (SSSR count). The molecule has 2 amide bonds. The van der Waals surface area contributed by atoms with Crippen molar-refractivity contribution in [1.82, 2.24) is 4.90 Å². The molecule has 1 aliphatic heterocycles. The topological polar surface area (TPSA) is 40.6 Å². The molecule has 1 aliphatic rings. The molecule has 156 valence electrons. The van der Waals surface area contributed by atoms with Gasteiger partial charge in [-0.05, 0) is 36.2 Å². The number of halogens is 2. The number of likely N-dealkylation sites (N-methyl/N-ethyl adjacent to an activating group) is 1. The maximum absolute atomic E-state index is 13.7. The molecule has 6 heteroatoms. The minimum Gasteiger partial charge on any atom is -0.365 e. The summed E-state index contributed by atoms with van der Waals surface area (Å²) in [4.78, 5) is 29.7. The van der Waals surface area contributed by atoms with Gasteiger partial charge in [-0.1, -0.05) is 71.8 Å². The number of carbonyl (C=O) groups is 2. The molecule has 0 aliphatic carbocycles. The molecule has 3 aromatic rings. The molecular weight excluding hydrogens is 415 g/mol. The number of anilines is 1. The van der Waals surface area contributed by atoms with E-state index < -0.39 is 17.6 Å². The molecule has 0 bridgehead atoms. The van der Waals surface area contributed by atoms with Crippen molar-refractivity contribution in [2.24, 2.45) is 0 Å². The van der Waals surface area contributed by atoms with E-state index in [2.05, 4.69) is 0 Å². The van der Waals surface area contributed by atoms with Gasteiger partial charge in [-0.3, -0.25) is 9.59 Å².